The van der Waals surface area contributed by atoms with Gasteiger partial charge >= 0.3 is 35.8 Å². The maximum absolute atomic E-state index is 14.0. The van der Waals surface area contributed by atoms with Gasteiger partial charge in [-0.1, -0.05) is 31.5 Å². The second kappa shape index (κ2) is 47.4. The van der Waals surface area contributed by atoms with Crippen molar-refractivity contribution in [2.45, 2.75) is 213 Å². The highest BCUT2D eigenvalue weighted by molar-refractivity contribution is 5.79. The fourth-order valence-corrected chi connectivity index (χ4v) is 10.6. The quantitative estimate of drug-likeness (QED) is 0.0269. The maximum Gasteiger partial charge on any atom is 0.303 e. The van der Waals surface area contributed by atoms with Gasteiger partial charge in [0.05, 0.1) is 26.1 Å². The zero-order valence-electron chi connectivity index (χ0n) is 58.4. The molecule has 33 heteroatoms. The van der Waals surface area contributed by atoms with Crippen LogP contribution in [-0.4, -0.2) is 235 Å². The molecule has 2 heterocycles. The van der Waals surface area contributed by atoms with Gasteiger partial charge in [-0.2, -0.15) is 0 Å². The van der Waals surface area contributed by atoms with Crippen LogP contribution in [0.15, 0.2) is 30.3 Å². The third kappa shape index (κ3) is 35.7. The number of unbranched alkanes of at least 4 members (excludes halogenated alkanes) is 1. The average Bonchev–Trinajstić information content (AvgIpc) is 0.794. The summed E-state index contributed by atoms with van der Waals surface area (Å²) in [5.74, 6) is -7.10. The predicted octanol–water partition coefficient (Wildman–Crippen LogP) is 0.729. The molecule has 0 aliphatic carbocycles. The van der Waals surface area contributed by atoms with E-state index < -0.39 is 134 Å². The molecule has 33 nitrogen and oxygen atoms in total. The highest BCUT2D eigenvalue weighted by Gasteiger charge is 2.53. The number of hydrogen-bond donors (Lipinski definition) is 7. The molecular weight excluding hydrogens is 1300 g/mol. The van der Waals surface area contributed by atoms with Gasteiger partial charge in [-0.25, -0.2) is 0 Å². The second-order valence-corrected chi connectivity index (χ2v) is 23.6. The van der Waals surface area contributed by atoms with Crippen molar-refractivity contribution in [3.05, 3.63) is 30.3 Å². The largest absolute Gasteiger partial charge is 0.463 e. The Labute approximate surface area is 577 Å². The maximum atomic E-state index is 14.0. The Balaban J connectivity index is 1.56. The summed E-state index contributed by atoms with van der Waals surface area (Å²) >= 11 is 0. The first kappa shape index (κ1) is 84.7. The highest BCUT2D eigenvalue weighted by Crippen LogP contribution is 2.30. The number of anilines is 1. The molecule has 8 amide bonds. The number of hydrogen-bond acceptors (Lipinski definition) is 25. The smallest absolute Gasteiger partial charge is 0.303 e. The van der Waals surface area contributed by atoms with Gasteiger partial charge in [0.25, 0.3) is 0 Å². The van der Waals surface area contributed by atoms with E-state index in [4.69, 9.17) is 47.4 Å². The van der Waals surface area contributed by atoms with Crippen LogP contribution in [0.5, 0.6) is 0 Å². The van der Waals surface area contributed by atoms with Crippen LogP contribution >= 0.6 is 0 Å². The summed E-state index contributed by atoms with van der Waals surface area (Å²) in [6, 6.07) is 7.20. The van der Waals surface area contributed by atoms with Crippen molar-refractivity contribution in [3.8, 4) is 0 Å². The van der Waals surface area contributed by atoms with Gasteiger partial charge in [0, 0.05) is 146 Å². The van der Waals surface area contributed by atoms with Crippen LogP contribution in [0, 0.1) is 0 Å². The molecule has 1 aromatic carbocycles. The second-order valence-electron chi connectivity index (χ2n) is 23.6. The van der Waals surface area contributed by atoms with Crippen molar-refractivity contribution in [2.24, 2.45) is 0 Å². The highest BCUT2D eigenvalue weighted by atomic mass is 16.7. The molecule has 2 aliphatic rings. The lowest BCUT2D eigenvalue weighted by Crippen LogP contribution is -2.66. The molecule has 4 unspecified atom stereocenters. The summed E-state index contributed by atoms with van der Waals surface area (Å²) in [7, 11) is 0. The van der Waals surface area contributed by atoms with E-state index in [0.29, 0.717) is 84.3 Å². The Morgan fingerprint density at radius 1 is 0.404 bits per heavy atom. The van der Waals surface area contributed by atoms with Crippen molar-refractivity contribution in [2.75, 3.05) is 90.2 Å². The van der Waals surface area contributed by atoms with Crippen molar-refractivity contribution in [1.82, 2.24) is 42.1 Å². The average molecular weight is 1410 g/mol. The zero-order chi connectivity index (χ0) is 73.2. The van der Waals surface area contributed by atoms with E-state index in [9.17, 15) is 67.1 Å². The topological polar surface area (TPSA) is 422 Å². The van der Waals surface area contributed by atoms with E-state index in [1.807, 2.05) is 37.3 Å². The van der Waals surface area contributed by atoms with Crippen LogP contribution in [0.4, 0.5) is 5.69 Å². The SMILES string of the molecule is CCCCC(=O)NCCCC(=O)NCCCN(CCCN(CCCNC(=O)CCCNC(=O)CCO[C@@H]1OC(COC(C)=O)[C@H](OC(C)=O)[C@H](OC(C)=O)C1NC(C)=O)c1ccccc1)C(=O)CCCNC(=O)CCO[C@@H]1OC(COC(C)=O)[C@H](OC(C)=O)[C@H](OC(C)=O)C1NC(C)=O. The molecule has 10 atom stereocenters. The Morgan fingerprint density at radius 3 is 1.15 bits per heavy atom. The standard InChI is InChI=1S/C66H103N9O24/c1-10-11-23-53(84)67-29-15-24-55(86)71-33-19-35-75(58(89)26-17-31-69-57(88)28-39-91-66-60(73-43(3)77)64(97-49(9)83)62(95-47(7)81)52(99-66)41-93-45(5)79)37-20-36-74(50-21-13-12-14-22-50)34-18-32-70-54(85)25-16-30-68-56(87)27-38-90-65-59(72-42(2)76)63(96-48(8)82)61(94-46(6)80)51(98-65)40-92-44(4)78/h12-14,21-22,51-52,59-66H,10-11,15-20,23-41H2,1-9H3,(H,67,84)(H,68,87)(H,69,88)(H,70,85)(H,71,86)(H,72,76)(H,73,77)/t51?,52?,59?,60?,61-,62-,63+,64+,65+,66+/m0/s1. The molecule has 0 saturated carbocycles. The summed E-state index contributed by atoms with van der Waals surface area (Å²) in [4.78, 5) is 178. The Kier molecular flexibility index (Phi) is 40.6. The molecule has 0 aromatic heterocycles. The fourth-order valence-electron chi connectivity index (χ4n) is 10.6. The van der Waals surface area contributed by atoms with Gasteiger partial charge in [-0.15, -0.1) is 0 Å². The molecule has 0 bridgehead atoms. The number of para-hydroxylation sites is 1. The van der Waals surface area contributed by atoms with Crippen molar-refractivity contribution in [1.29, 1.82) is 0 Å². The van der Waals surface area contributed by atoms with E-state index in [0.717, 1.165) is 60.1 Å². The van der Waals surface area contributed by atoms with Crippen molar-refractivity contribution in [3.63, 3.8) is 0 Å². The van der Waals surface area contributed by atoms with E-state index in [2.05, 4.69) is 42.1 Å². The molecule has 99 heavy (non-hydrogen) atoms. The van der Waals surface area contributed by atoms with Crippen LogP contribution in [0.25, 0.3) is 0 Å². The first-order chi connectivity index (χ1) is 47.2. The summed E-state index contributed by atoms with van der Waals surface area (Å²) < 4.78 is 55.8. The number of carbonyl (C=O) groups excluding carboxylic acids is 14. The molecule has 2 fully saturated rings. The summed E-state index contributed by atoms with van der Waals surface area (Å²) in [6.45, 7) is 12.8. The molecule has 2 aliphatic heterocycles. The van der Waals surface area contributed by atoms with Gasteiger partial charge in [-0.3, -0.25) is 67.1 Å². The monoisotopic (exact) mass is 1410 g/mol. The van der Waals surface area contributed by atoms with Crippen LogP contribution in [0.2, 0.25) is 0 Å². The summed E-state index contributed by atoms with van der Waals surface area (Å²) in [5, 5.41) is 19.4. The molecule has 2 saturated heterocycles. The molecule has 0 spiro atoms. The Morgan fingerprint density at radius 2 is 0.758 bits per heavy atom. The van der Waals surface area contributed by atoms with Crippen LogP contribution in [0.1, 0.15) is 152 Å². The number of rotatable bonds is 46. The first-order valence-corrected chi connectivity index (χ1v) is 33.6. The van der Waals surface area contributed by atoms with Crippen LogP contribution in [0.3, 0.4) is 0 Å². The number of nitrogens with zero attached hydrogens (tertiary/aromatic N) is 2. The van der Waals surface area contributed by atoms with E-state index in [-0.39, 0.29) is 88.5 Å². The van der Waals surface area contributed by atoms with Gasteiger partial charge < -0.3 is 94.4 Å². The van der Waals surface area contributed by atoms with Crippen molar-refractivity contribution < 1.29 is 114 Å². The predicted molar refractivity (Wildman–Crippen MR) is 351 cm³/mol. The molecule has 0 radical (unpaired) electrons. The summed E-state index contributed by atoms with van der Waals surface area (Å²) in [5.41, 5.74) is 0.926. The Bertz CT molecular complexity index is 2780. The van der Waals surface area contributed by atoms with E-state index >= 15 is 0 Å². The van der Waals surface area contributed by atoms with Gasteiger partial charge in [-0.05, 0) is 57.1 Å². The molecule has 3 rings (SSSR count). The number of amides is 8. The number of benzene rings is 1. The lowest BCUT2D eigenvalue weighted by molar-refractivity contribution is -0.277. The fraction of sp³-hybridized carbons (Fsp3) is 0.697. The lowest BCUT2D eigenvalue weighted by atomic mass is 9.96. The molecule has 7 N–H and O–H groups in total. The number of carbonyl (C=O) groups is 14. The Hall–Kier alpha value is -8.56. The number of ether oxygens (including phenoxy) is 10. The van der Waals surface area contributed by atoms with Crippen LogP contribution in [-0.2, 0) is 114 Å². The molecular formula is C66H103N9O24. The minimum Gasteiger partial charge on any atom is -0.463 e. The van der Waals surface area contributed by atoms with Crippen LogP contribution < -0.4 is 42.1 Å². The van der Waals surface area contributed by atoms with E-state index in [1.165, 1.54) is 13.8 Å². The van der Waals surface area contributed by atoms with Gasteiger partial charge in [0.1, 0.15) is 37.5 Å². The third-order valence-electron chi connectivity index (χ3n) is 15.0. The minimum atomic E-state index is -1.37. The van der Waals surface area contributed by atoms with Gasteiger partial charge in [0.2, 0.25) is 47.3 Å². The van der Waals surface area contributed by atoms with Gasteiger partial charge in [0.15, 0.2) is 37.0 Å². The lowest BCUT2D eigenvalue weighted by Gasteiger charge is -2.44. The number of nitrogens with one attached hydrogen (secondary N) is 7. The minimum absolute atomic E-state index is 0.0526. The molecule has 1 aromatic rings. The first-order valence-electron chi connectivity index (χ1n) is 33.6. The summed E-state index contributed by atoms with van der Waals surface area (Å²) in [6.07, 6.45) is -5.70. The van der Waals surface area contributed by atoms with Crippen molar-refractivity contribution >= 4 is 88.8 Å². The molecule has 556 valence electrons. The normalized spacial score (nSPS) is 20.0. The number of esters is 6. The van der Waals surface area contributed by atoms with E-state index in [1.54, 1.807) is 4.90 Å². The third-order valence-corrected chi connectivity index (χ3v) is 15.0. The zero-order valence-corrected chi connectivity index (χ0v) is 58.4.